The minimum absolute atomic E-state index is 0.369. The number of amides is 1. The fourth-order valence-corrected chi connectivity index (χ4v) is 2.24. The van der Waals surface area contributed by atoms with Crippen molar-refractivity contribution in [3.63, 3.8) is 0 Å². The Morgan fingerprint density at radius 3 is 2.75 bits per heavy atom. The molecule has 2 aromatic rings. The standard InChI is InChI=1S/C15H18N2O3/c1-3-7-15(2,14(19)20)17-13(18)11-4-5-12-10(9-11)6-8-16-12/h4-6,8-9,16H,3,7H2,1-2H3,(H,17,18)(H,19,20). The molecule has 1 aromatic heterocycles. The van der Waals surface area contributed by atoms with Crippen LogP contribution in [0.15, 0.2) is 30.5 Å². The molecule has 0 saturated heterocycles. The van der Waals surface area contributed by atoms with Gasteiger partial charge < -0.3 is 15.4 Å². The zero-order valence-corrected chi connectivity index (χ0v) is 11.6. The van der Waals surface area contributed by atoms with Crippen LogP contribution in [0.3, 0.4) is 0 Å². The summed E-state index contributed by atoms with van der Waals surface area (Å²) >= 11 is 0. The van der Waals surface area contributed by atoms with E-state index in [1.54, 1.807) is 18.3 Å². The first-order valence-corrected chi connectivity index (χ1v) is 6.59. The highest BCUT2D eigenvalue weighted by atomic mass is 16.4. The van der Waals surface area contributed by atoms with E-state index < -0.39 is 11.5 Å². The third-order valence-corrected chi connectivity index (χ3v) is 3.43. The Morgan fingerprint density at radius 1 is 1.35 bits per heavy atom. The van der Waals surface area contributed by atoms with Gasteiger partial charge in [-0.2, -0.15) is 0 Å². The molecular formula is C15H18N2O3. The molecule has 0 fully saturated rings. The summed E-state index contributed by atoms with van der Waals surface area (Å²) in [5.41, 5.74) is 0.163. The van der Waals surface area contributed by atoms with Gasteiger partial charge in [0.2, 0.25) is 0 Å². The summed E-state index contributed by atoms with van der Waals surface area (Å²) < 4.78 is 0. The van der Waals surface area contributed by atoms with Crippen molar-refractivity contribution < 1.29 is 14.7 Å². The number of benzene rings is 1. The maximum Gasteiger partial charge on any atom is 0.329 e. The van der Waals surface area contributed by atoms with E-state index in [-0.39, 0.29) is 5.91 Å². The van der Waals surface area contributed by atoms with Crippen LogP contribution in [0.5, 0.6) is 0 Å². The van der Waals surface area contributed by atoms with E-state index >= 15 is 0 Å². The third kappa shape index (κ3) is 2.66. The number of hydrogen-bond acceptors (Lipinski definition) is 2. The maximum atomic E-state index is 12.2. The lowest BCUT2D eigenvalue weighted by Crippen LogP contribution is -2.52. The highest BCUT2D eigenvalue weighted by Crippen LogP contribution is 2.17. The predicted molar refractivity (Wildman–Crippen MR) is 76.7 cm³/mol. The van der Waals surface area contributed by atoms with E-state index in [4.69, 9.17) is 0 Å². The van der Waals surface area contributed by atoms with Gasteiger partial charge in [-0.25, -0.2) is 4.79 Å². The molecule has 5 nitrogen and oxygen atoms in total. The summed E-state index contributed by atoms with van der Waals surface area (Å²) in [5, 5.41) is 12.8. The minimum atomic E-state index is -1.24. The van der Waals surface area contributed by atoms with Crippen molar-refractivity contribution in [3.8, 4) is 0 Å². The topological polar surface area (TPSA) is 82.2 Å². The monoisotopic (exact) mass is 274 g/mol. The summed E-state index contributed by atoms with van der Waals surface area (Å²) in [6.07, 6.45) is 2.87. The second-order valence-corrected chi connectivity index (χ2v) is 5.12. The molecule has 1 amide bonds. The molecule has 0 aliphatic rings. The van der Waals surface area contributed by atoms with Gasteiger partial charge in [-0.1, -0.05) is 13.3 Å². The van der Waals surface area contributed by atoms with Crippen molar-refractivity contribution in [2.75, 3.05) is 0 Å². The number of aromatic amines is 1. The zero-order chi connectivity index (χ0) is 14.8. The predicted octanol–water partition coefficient (Wildman–Crippen LogP) is 2.54. The summed E-state index contributed by atoms with van der Waals surface area (Å²) in [4.78, 5) is 26.6. The van der Waals surface area contributed by atoms with Gasteiger partial charge in [0.05, 0.1) is 0 Å². The van der Waals surface area contributed by atoms with Crippen molar-refractivity contribution in [1.82, 2.24) is 10.3 Å². The van der Waals surface area contributed by atoms with Gasteiger partial charge in [0.25, 0.3) is 5.91 Å². The van der Waals surface area contributed by atoms with Gasteiger partial charge in [0.15, 0.2) is 0 Å². The Balaban J connectivity index is 2.23. The second-order valence-electron chi connectivity index (χ2n) is 5.12. The molecule has 3 N–H and O–H groups in total. The van der Waals surface area contributed by atoms with Crippen LogP contribution < -0.4 is 5.32 Å². The summed E-state index contributed by atoms with van der Waals surface area (Å²) in [6.45, 7) is 3.42. The number of hydrogen-bond donors (Lipinski definition) is 3. The maximum absolute atomic E-state index is 12.2. The largest absolute Gasteiger partial charge is 0.480 e. The Labute approximate surface area is 117 Å². The van der Waals surface area contributed by atoms with Crippen LogP contribution >= 0.6 is 0 Å². The molecule has 0 bridgehead atoms. The summed E-state index contributed by atoms with van der Waals surface area (Å²) in [7, 11) is 0. The molecule has 2 rings (SSSR count). The van der Waals surface area contributed by atoms with Gasteiger partial charge in [0, 0.05) is 22.7 Å². The van der Waals surface area contributed by atoms with E-state index in [2.05, 4.69) is 10.3 Å². The number of aromatic nitrogens is 1. The molecule has 0 radical (unpaired) electrons. The normalized spacial score (nSPS) is 13.9. The van der Waals surface area contributed by atoms with Crippen LogP contribution in [0.25, 0.3) is 10.9 Å². The molecule has 1 aromatic carbocycles. The van der Waals surface area contributed by atoms with Crippen LogP contribution in [-0.4, -0.2) is 27.5 Å². The van der Waals surface area contributed by atoms with Crippen molar-refractivity contribution >= 4 is 22.8 Å². The number of nitrogens with one attached hydrogen (secondary N) is 2. The van der Waals surface area contributed by atoms with Gasteiger partial charge in [0.1, 0.15) is 5.54 Å². The van der Waals surface area contributed by atoms with Gasteiger partial charge >= 0.3 is 5.97 Å². The second kappa shape index (κ2) is 5.36. The van der Waals surface area contributed by atoms with Crippen LogP contribution in [0.1, 0.15) is 37.0 Å². The zero-order valence-electron chi connectivity index (χ0n) is 11.6. The van der Waals surface area contributed by atoms with Crippen LogP contribution in [0, 0.1) is 0 Å². The van der Waals surface area contributed by atoms with E-state index in [0.717, 1.165) is 10.9 Å². The number of H-pyrrole nitrogens is 1. The molecule has 5 heteroatoms. The summed E-state index contributed by atoms with van der Waals surface area (Å²) in [5.74, 6) is -1.39. The van der Waals surface area contributed by atoms with Crippen molar-refractivity contribution in [3.05, 3.63) is 36.0 Å². The first-order valence-electron chi connectivity index (χ1n) is 6.59. The quantitative estimate of drug-likeness (QED) is 0.783. The molecule has 1 atom stereocenters. The van der Waals surface area contributed by atoms with Gasteiger partial charge in [-0.3, -0.25) is 4.79 Å². The number of rotatable bonds is 5. The van der Waals surface area contributed by atoms with Crippen molar-refractivity contribution in [2.45, 2.75) is 32.2 Å². The number of carboxylic acid groups (broad SMARTS) is 1. The first kappa shape index (κ1) is 14.1. The number of fused-ring (bicyclic) bond motifs is 1. The number of carbonyl (C=O) groups excluding carboxylic acids is 1. The van der Waals surface area contributed by atoms with E-state index in [0.29, 0.717) is 18.4 Å². The number of carbonyl (C=O) groups is 2. The van der Waals surface area contributed by atoms with Gasteiger partial charge in [-0.05, 0) is 37.6 Å². The van der Waals surface area contributed by atoms with E-state index in [1.807, 2.05) is 19.1 Å². The third-order valence-electron chi connectivity index (χ3n) is 3.43. The van der Waals surface area contributed by atoms with E-state index in [1.165, 1.54) is 6.92 Å². The molecule has 0 aliphatic carbocycles. The lowest BCUT2D eigenvalue weighted by atomic mass is 9.95. The van der Waals surface area contributed by atoms with Crippen molar-refractivity contribution in [1.29, 1.82) is 0 Å². The fraction of sp³-hybridized carbons (Fsp3) is 0.333. The van der Waals surface area contributed by atoms with Crippen LogP contribution in [0.2, 0.25) is 0 Å². The smallest absolute Gasteiger partial charge is 0.329 e. The lowest BCUT2D eigenvalue weighted by molar-refractivity contribution is -0.144. The van der Waals surface area contributed by atoms with E-state index in [9.17, 15) is 14.7 Å². The number of aliphatic carboxylic acids is 1. The highest BCUT2D eigenvalue weighted by molar-refractivity contribution is 6.00. The number of carboxylic acids is 1. The molecule has 106 valence electrons. The Morgan fingerprint density at radius 2 is 2.10 bits per heavy atom. The minimum Gasteiger partial charge on any atom is -0.480 e. The molecule has 20 heavy (non-hydrogen) atoms. The average molecular weight is 274 g/mol. The Hall–Kier alpha value is -2.30. The molecule has 0 spiro atoms. The molecular weight excluding hydrogens is 256 g/mol. The Bertz CT molecular complexity index is 647. The van der Waals surface area contributed by atoms with Crippen LogP contribution in [0.4, 0.5) is 0 Å². The summed E-state index contributed by atoms with van der Waals surface area (Å²) in [6, 6.07) is 7.11. The van der Waals surface area contributed by atoms with Crippen molar-refractivity contribution in [2.24, 2.45) is 0 Å². The molecule has 0 saturated carbocycles. The first-order chi connectivity index (χ1) is 9.46. The lowest BCUT2D eigenvalue weighted by Gasteiger charge is -2.25. The fourth-order valence-electron chi connectivity index (χ4n) is 2.24. The molecule has 1 heterocycles. The Kier molecular flexibility index (Phi) is 3.79. The van der Waals surface area contributed by atoms with Crippen LogP contribution in [-0.2, 0) is 4.79 Å². The molecule has 0 aliphatic heterocycles. The molecule has 1 unspecified atom stereocenters. The van der Waals surface area contributed by atoms with Gasteiger partial charge in [-0.15, -0.1) is 0 Å². The highest BCUT2D eigenvalue weighted by Gasteiger charge is 2.34. The SMILES string of the molecule is CCCC(C)(NC(=O)c1ccc2[nH]ccc2c1)C(=O)O. The average Bonchev–Trinajstić information content (AvgIpc) is 2.85.